The standard InChI is InChI=1S/C16H18ClN3O2S.ClH/c17-12-4-2-1-3-11(12)14-9-20(7-8-22-14)16(21)13-10-23-15(19-13)5-6-18;/h1-4,10,14H,5-9,18H2;1H. The van der Waals surface area contributed by atoms with Gasteiger partial charge in [0.15, 0.2) is 0 Å². The van der Waals surface area contributed by atoms with Crippen molar-refractivity contribution in [1.82, 2.24) is 9.88 Å². The van der Waals surface area contributed by atoms with Crippen molar-refractivity contribution in [3.05, 3.63) is 50.9 Å². The molecule has 0 radical (unpaired) electrons. The SMILES string of the molecule is Cl.NCCc1nc(C(=O)N2CCOC(c3ccccc3Cl)C2)cs1. The number of hydrogen-bond donors (Lipinski definition) is 1. The van der Waals surface area contributed by atoms with Crippen molar-refractivity contribution >= 4 is 41.3 Å². The van der Waals surface area contributed by atoms with Crippen LogP contribution in [0, 0.1) is 0 Å². The first-order valence-corrected chi connectivity index (χ1v) is 8.74. The van der Waals surface area contributed by atoms with Gasteiger partial charge >= 0.3 is 0 Å². The van der Waals surface area contributed by atoms with Crippen LogP contribution in [0.3, 0.4) is 0 Å². The molecule has 0 spiro atoms. The molecule has 1 atom stereocenters. The first-order valence-electron chi connectivity index (χ1n) is 7.49. The van der Waals surface area contributed by atoms with Gasteiger partial charge in [-0.15, -0.1) is 23.7 Å². The highest BCUT2D eigenvalue weighted by Gasteiger charge is 2.28. The molecule has 5 nitrogen and oxygen atoms in total. The lowest BCUT2D eigenvalue weighted by atomic mass is 10.1. The Labute approximate surface area is 156 Å². The summed E-state index contributed by atoms with van der Waals surface area (Å²) < 4.78 is 5.79. The molecule has 1 saturated heterocycles. The van der Waals surface area contributed by atoms with Crippen LogP contribution in [0.4, 0.5) is 0 Å². The van der Waals surface area contributed by atoms with Crippen LogP contribution in [0.5, 0.6) is 0 Å². The predicted molar refractivity (Wildman–Crippen MR) is 98.2 cm³/mol. The molecule has 3 rings (SSSR count). The Morgan fingerprint density at radius 3 is 3.00 bits per heavy atom. The monoisotopic (exact) mass is 387 g/mol. The minimum atomic E-state index is -0.205. The Kier molecular flexibility index (Phi) is 7.01. The average Bonchev–Trinajstić information content (AvgIpc) is 3.04. The molecular formula is C16H19Cl2N3O2S. The second-order valence-corrected chi connectivity index (χ2v) is 6.65. The lowest BCUT2D eigenvalue weighted by Crippen LogP contribution is -2.42. The molecule has 2 N–H and O–H groups in total. The van der Waals surface area contributed by atoms with E-state index in [-0.39, 0.29) is 24.4 Å². The molecule has 8 heteroatoms. The number of carbonyl (C=O) groups is 1. The van der Waals surface area contributed by atoms with Crippen LogP contribution >= 0.6 is 35.3 Å². The number of rotatable bonds is 4. The molecule has 2 heterocycles. The molecule has 130 valence electrons. The fraction of sp³-hybridized carbons (Fsp3) is 0.375. The topological polar surface area (TPSA) is 68.5 Å². The molecule has 1 aromatic carbocycles. The zero-order valence-electron chi connectivity index (χ0n) is 13.0. The summed E-state index contributed by atoms with van der Waals surface area (Å²) in [6, 6.07) is 7.57. The number of morpholine rings is 1. The molecule has 1 amide bonds. The highest BCUT2D eigenvalue weighted by molar-refractivity contribution is 7.09. The van der Waals surface area contributed by atoms with Gasteiger partial charge in [0, 0.05) is 28.9 Å². The molecule has 0 saturated carbocycles. The third-order valence-corrected chi connectivity index (χ3v) is 4.99. The van der Waals surface area contributed by atoms with Crippen LogP contribution in [0.25, 0.3) is 0 Å². The average molecular weight is 388 g/mol. The Morgan fingerprint density at radius 2 is 2.25 bits per heavy atom. The number of nitrogens with two attached hydrogens (primary N) is 1. The van der Waals surface area contributed by atoms with Crippen LogP contribution in [0.15, 0.2) is 29.6 Å². The quantitative estimate of drug-likeness (QED) is 0.875. The fourth-order valence-corrected chi connectivity index (χ4v) is 3.61. The Morgan fingerprint density at radius 1 is 1.46 bits per heavy atom. The molecular weight excluding hydrogens is 369 g/mol. The second-order valence-electron chi connectivity index (χ2n) is 5.30. The van der Waals surface area contributed by atoms with Crippen LogP contribution in [0.2, 0.25) is 5.02 Å². The smallest absolute Gasteiger partial charge is 0.273 e. The van der Waals surface area contributed by atoms with Crippen molar-refractivity contribution in [3.63, 3.8) is 0 Å². The van der Waals surface area contributed by atoms with Gasteiger partial charge in [0.1, 0.15) is 11.8 Å². The molecule has 24 heavy (non-hydrogen) atoms. The van der Waals surface area contributed by atoms with Crippen molar-refractivity contribution in [2.75, 3.05) is 26.2 Å². The zero-order chi connectivity index (χ0) is 16.2. The number of amides is 1. The van der Waals surface area contributed by atoms with Crippen LogP contribution in [-0.4, -0.2) is 42.0 Å². The van der Waals surface area contributed by atoms with Gasteiger partial charge in [0.25, 0.3) is 5.91 Å². The predicted octanol–water partition coefficient (Wildman–Crippen LogP) is 2.93. The highest BCUT2D eigenvalue weighted by atomic mass is 35.5. The Bertz CT molecular complexity index is 695. The molecule has 0 aliphatic carbocycles. The molecule has 0 bridgehead atoms. The third kappa shape index (κ3) is 4.26. The normalized spacial score (nSPS) is 17.4. The maximum Gasteiger partial charge on any atom is 0.273 e. The Hall–Kier alpha value is -1.18. The number of thiazole rings is 1. The fourth-order valence-electron chi connectivity index (χ4n) is 2.57. The third-order valence-electron chi connectivity index (χ3n) is 3.73. The molecule has 1 aliphatic heterocycles. The number of carbonyl (C=O) groups excluding carboxylic acids is 1. The molecule has 2 aromatic rings. The number of benzene rings is 1. The van der Waals surface area contributed by atoms with Crippen molar-refractivity contribution < 1.29 is 9.53 Å². The zero-order valence-corrected chi connectivity index (χ0v) is 15.4. The van der Waals surface area contributed by atoms with Crippen LogP contribution in [-0.2, 0) is 11.2 Å². The van der Waals surface area contributed by atoms with E-state index in [9.17, 15) is 4.79 Å². The number of ether oxygens (including phenoxy) is 1. The van der Waals surface area contributed by atoms with Crippen molar-refractivity contribution in [2.45, 2.75) is 12.5 Å². The number of nitrogens with zero attached hydrogens (tertiary/aromatic N) is 2. The van der Waals surface area contributed by atoms with E-state index in [2.05, 4.69) is 4.98 Å². The summed E-state index contributed by atoms with van der Waals surface area (Å²) in [6.45, 7) is 2.06. The number of halogens is 2. The summed E-state index contributed by atoms with van der Waals surface area (Å²) in [5.41, 5.74) is 6.92. The first-order chi connectivity index (χ1) is 11.2. The molecule has 1 unspecified atom stereocenters. The van der Waals surface area contributed by atoms with Gasteiger partial charge in [-0.25, -0.2) is 4.98 Å². The van der Waals surface area contributed by atoms with Crippen molar-refractivity contribution in [2.24, 2.45) is 5.73 Å². The first kappa shape index (κ1) is 19.1. The summed E-state index contributed by atoms with van der Waals surface area (Å²) in [4.78, 5) is 18.8. The van der Waals surface area contributed by atoms with Gasteiger partial charge < -0.3 is 15.4 Å². The van der Waals surface area contributed by atoms with Crippen molar-refractivity contribution in [3.8, 4) is 0 Å². The molecule has 1 aromatic heterocycles. The maximum atomic E-state index is 12.6. The van der Waals surface area contributed by atoms with Gasteiger partial charge in [-0.05, 0) is 12.6 Å². The summed E-state index contributed by atoms with van der Waals surface area (Å²) in [5, 5.41) is 3.35. The lowest BCUT2D eigenvalue weighted by Gasteiger charge is -2.33. The van der Waals surface area contributed by atoms with E-state index in [1.807, 2.05) is 24.3 Å². The van der Waals surface area contributed by atoms with E-state index < -0.39 is 0 Å². The van der Waals surface area contributed by atoms with Crippen molar-refractivity contribution in [1.29, 1.82) is 0 Å². The summed E-state index contributed by atoms with van der Waals surface area (Å²) >= 11 is 7.71. The minimum Gasteiger partial charge on any atom is -0.370 e. The van der Waals surface area contributed by atoms with Gasteiger partial charge in [0.2, 0.25) is 0 Å². The largest absolute Gasteiger partial charge is 0.370 e. The molecule has 1 fully saturated rings. The van der Waals surface area contributed by atoms with E-state index in [0.717, 1.165) is 10.6 Å². The van der Waals surface area contributed by atoms with E-state index in [1.54, 1.807) is 10.3 Å². The van der Waals surface area contributed by atoms with E-state index in [0.29, 0.717) is 43.4 Å². The summed E-state index contributed by atoms with van der Waals surface area (Å²) in [5.74, 6) is -0.0649. The number of hydrogen-bond acceptors (Lipinski definition) is 5. The maximum absolute atomic E-state index is 12.6. The lowest BCUT2D eigenvalue weighted by molar-refractivity contribution is -0.0229. The summed E-state index contributed by atoms with van der Waals surface area (Å²) in [6.07, 6.45) is 0.493. The van der Waals surface area contributed by atoms with Gasteiger partial charge in [-0.2, -0.15) is 0 Å². The van der Waals surface area contributed by atoms with E-state index >= 15 is 0 Å². The van der Waals surface area contributed by atoms with E-state index in [1.165, 1.54) is 11.3 Å². The van der Waals surface area contributed by atoms with E-state index in [4.69, 9.17) is 22.1 Å². The molecule has 1 aliphatic rings. The van der Waals surface area contributed by atoms with Gasteiger partial charge in [0.05, 0.1) is 18.2 Å². The minimum absolute atomic E-state index is 0. The van der Waals surface area contributed by atoms with Crippen LogP contribution in [0.1, 0.15) is 27.2 Å². The van der Waals surface area contributed by atoms with Gasteiger partial charge in [-0.3, -0.25) is 4.79 Å². The second kappa shape index (κ2) is 8.78. The highest BCUT2D eigenvalue weighted by Crippen LogP contribution is 2.28. The van der Waals surface area contributed by atoms with Crippen LogP contribution < -0.4 is 5.73 Å². The number of aromatic nitrogens is 1. The Balaban J connectivity index is 0.00000208. The summed E-state index contributed by atoms with van der Waals surface area (Å²) in [7, 11) is 0. The van der Waals surface area contributed by atoms with Gasteiger partial charge in [-0.1, -0.05) is 29.8 Å².